The molecule has 0 spiro atoms. The molecule has 2 N–H and O–H groups in total. The largest absolute Gasteiger partial charge is 0.352 e. The lowest BCUT2D eigenvalue weighted by molar-refractivity contribution is -0.0764. The van der Waals surface area contributed by atoms with E-state index in [1.165, 1.54) is 11.8 Å². The van der Waals surface area contributed by atoms with Crippen molar-refractivity contribution in [2.75, 3.05) is 13.6 Å². The number of urea groups is 1. The molecule has 0 unspecified atom stereocenters. The molecular weight excluding hydrogens is 270 g/mol. The van der Waals surface area contributed by atoms with Crippen LogP contribution >= 0.6 is 24.0 Å². The summed E-state index contributed by atoms with van der Waals surface area (Å²) in [6.45, 7) is 6.52. The van der Waals surface area contributed by atoms with Gasteiger partial charge in [-0.05, 0) is 20.3 Å². The summed E-state index contributed by atoms with van der Waals surface area (Å²) in [5, 5.41) is 13.1. The maximum atomic E-state index is 11.8. The molecule has 1 aliphatic rings. The number of unbranched alkanes of at least 4 members (excludes halogenated alkanes) is 1. The SMILES string of the molecule is CCCCNC(=O)N(O)[C@H]1SC(=S)N(C)C1(C)C. The Hall–Kier alpha value is -0.530. The zero-order chi connectivity index (χ0) is 13.9. The first-order valence-electron chi connectivity index (χ1n) is 6.02. The number of nitrogens with zero attached hydrogens (tertiary/aromatic N) is 2. The van der Waals surface area contributed by atoms with Crippen LogP contribution in [0.5, 0.6) is 0 Å². The molecule has 18 heavy (non-hydrogen) atoms. The summed E-state index contributed by atoms with van der Waals surface area (Å²) in [6.07, 6.45) is 1.90. The van der Waals surface area contributed by atoms with Crippen LogP contribution in [-0.2, 0) is 0 Å². The number of thioether (sulfide) groups is 1. The van der Waals surface area contributed by atoms with Crippen LogP contribution in [0.2, 0.25) is 0 Å². The van der Waals surface area contributed by atoms with E-state index in [9.17, 15) is 10.0 Å². The molecule has 0 bridgehead atoms. The quantitative estimate of drug-likeness (QED) is 0.360. The van der Waals surface area contributed by atoms with Crippen LogP contribution in [0.25, 0.3) is 0 Å². The number of carbonyl (C=O) groups excluding carboxylic acids is 1. The second-order valence-corrected chi connectivity index (χ2v) is 6.59. The molecule has 5 nitrogen and oxygen atoms in total. The van der Waals surface area contributed by atoms with E-state index in [0.717, 1.165) is 17.9 Å². The van der Waals surface area contributed by atoms with Gasteiger partial charge in [-0.15, -0.1) is 0 Å². The second kappa shape index (κ2) is 6.08. The van der Waals surface area contributed by atoms with Crippen LogP contribution in [0.3, 0.4) is 0 Å². The maximum absolute atomic E-state index is 11.8. The van der Waals surface area contributed by atoms with E-state index in [2.05, 4.69) is 5.32 Å². The zero-order valence-electron chi connectivity index (χ0n) is 11.3. The minimum absolute atomic E-state index is 0.390. The van der Waals surface area contributed by atoms with Gasteiger partial charge in [0.15, 0.2) is 0 Å². The van der Waals surface area contributed by atoms with Gasteiger partial charge in [-0.2, -0.15) is 5.06 Å². The topological polar surface area (TPSA) is 55.8 Å². The average molecular weight is 291 g/mol. The number of thiocarbonyl (C=S) groups is 1. The third kappa shape index (κ3) is 3.07. The lowest BCUT2D eigenvalue weighted by Gasteiger charge is -2.35. The predicted molar refractivity (Wildman–Crippen MR) is 77.8 cm³/mol. The van der Waals surface area contributed by atoms with Crippen molar-refractivity contribution in [2.45, 2.75) is 44.5 Å². The van der Waals surface area contributed by atoms with E-state index in [1.807, 2.05) is 32.7 Å². The van der Waals surface area contributed by atoms with Crippen molar-refractivity contribution in [2.24, 2.45) is 0 Å². The van der Waals surface area contributed by atoms with E-state index < -0.39 is 16.9 Å². The highest BCUT2D eigenvalue weighted by molar-refractivity contribution is 8.23. The lowest BCUT2D eigenvalue weighted by Crippen LogP contribution is -2.53. The van der Waals surface area contributed by atoms with Crippen molar-refractivity contribution < 1.29 is 10.0 Å². The summed E-state index contributed by atoms with van der Waals surface area (Å²) in [5.74, 6) is 0. The fourth-order valence-electron chi connectivity index (χ4n) is 1.63. The normalized spacial score (nSPS) is 22.2. The summed E-state index contributed by atoms with van der Waals surface area (Å²) in [6, 6.07) is -0.466. The molecule has 1 saturated heterocycles. The van der Waals surface area contributed by atoms with Crippen LogP contribution < -0.4 is 5.32 Å². The monoisotopic (exact) mass is 291 g/mol. The van der Waals surface area contributed by atoms with Crippen molar-refractivity contribution in [1.82, 2.24) is 15.3 Å². The number of hydrogen-bond donors (Lipinski definition) is 2. The number of hydrogen-bond acceptors (Lipinski definition) is 4. The van der Waals surface area contributed by atoms with Crippen LogP contribution in [0, 0.1) is 0 Å². The van der Waals surface area contributed by atoms with E-state index in [1.54, 1.807) is 0 Å². The number of hydroxylamine groups is 2. The minimum atomic E-state index is -0.466. The molecule has 0 aromatic carbocycles. The van der Waals surface area contributed by atoms with Gasteiger partial charge in [0.2, 0.25) is 0 Å². The Morgan fingerprint density at radius 2 is 2.28 bits per heavy atom. The molecule has 1 atom stereocenters. The molecule has 1 rings (SSSR count). The number of likely N-dealkylation sites (N-methyl/N-ethyl adjacent to an activating group) is 1. The molecule has 0 saturated carbocycles. The Morgan fingerprint density at radius 3 is 2.72 bits per heavy atom. The summed E-state index contributed by atoms with van der Waals surface area (Å²) in [5.41, 5.74) is -0.390. The zero-order valence-corrected chi connectivity index (χ0v) is 12.9. The highest BCUT2D eigenvalue weighted by atomic mass is 32.2. The maximum Gasteiger partial charge on any atom is 0.342 e. The van der Waals surface area contributed by atoms with Crippen LogP contribution in [0.15, 0.2) is 0 Å². The van der Waals surface area contributed by atoms with Crippen molar-refractivity contribution in [3.8, 4) is 0 Å². The van der Waals surface area contributed by atoms with Crippen LogP contribution in [-0.4, -0.2) is 50.0 Å². The van der Waals surface area contributed by atoms with Gasteiger partial charge in [0.1, 0.15) is 9.69 Å². The molecule has 7 heteroatoms. The van der Waals surface area contributed by atoms with E-state index in [-0.39, 0.29) is 0 Å². The summed E-state index contributed by atoms with van der Waals surface area (Å²) in [7, 11) is 1.87. The van der Waals surface area contributed by atoms with Gasteiger partial charge >= 0.3 is 6.03 Å². The average Bonchev–Trinajstić information content (AvgIpc) is 2.52. The number of rotatable bonds is 4. The van der Waals surface area contributed by atoms with Gasteiger partial charge in [0.25, 0.3) is 0 Å². The van der Waals surface area contributed by atoms with Crippen molar-refractivity contribution in [3.63, 3.8) is 0 Å². The summed E-state index contributed by atoms with van der Waals surface area (Å²) in [4.78, 5) is 13.7. The smallest absolute Gasteiger partial charge is 0.342 e. The fraction of sp³-hybridized carbons (Fsp3) is 0.818. The van der Waals surface area contributed by atoms with Crippen molar-refractivity contribution in [3.05, 3.63) is 0 Å². The minimum Gasteiger partial charge on any atom is -0.352 e. The second-order valence-electron chi connectivity index (χ2n) is 4.88. The Kier molecular flexibility index (Phi) is 5.24. The molecule has 1 heterocycles. The molecule has 0 aliphatic carbocycles. The molecule has 104 valence electrons. The Morgan fingerprint density at radius 1 is 1.67 bits per heavy atom. The van der Waals surface area contributed by atoms with E-state index >= 15 is 0 Å². The Balaban J connectivity index is 2.64. The molecule has 0 aromatic rings. The molecule has 1 fully saturated rings. The standard InChI is InChI=1S/C11H21N3O2S2/c1-5-6-7-12-9(15)14(16)8-11(2,3)13(4)10(17)18-8/h8,16H,5-7H2,1-4H3,(H,12,15)/t8-/m0/s1. The summed E-state index contributed by atoms with van der Waals surface area (Å²) >= 11 is 6.53. The molecule has 0 radical (unpaired) electrons. The van der Waals surface area contributed by atoms with Gasteiger partial charge < -0.3 is 10.2 Å². The summed E-state index contributed by atoms with van der Waals surface area (Å²) < 4.78 is 0.686. The van der Waals surface area contributed by atoms with Gasteiger partial charge in [-0.25, -0.2) is 4.79 Å². The van der Waals surface area contributed by atoms with E-state index in [0.29, 0.717) is 10.9 Å². The predicted octanol–water partition coefficient (Wildman–Crippen LogP) is 2.26. The van der Waals surface area contributed by atoms with Crippen LogP contribution in [0.1, 0.15) is 33.6 Å². The third-order valence-corrected chi connectivity index (χ3v) is 5.23. The first-order chi connectivity index (χ1) is 8.32. The molecule has 0 aromatic heterocycles. The Bertz CT molecular complexity index is 336. The lowest BCUT2D eigenvalue weighted by atomic mass is 10.0. The number of amides is 2. The van der Waals surface area contributed by atoms with E-state index in [4.69, 9.17) is 12.2 Å². The van der Waals surface area contributed by atoms with Crippen molar-refractivity contribution in [1.29, 1.82) is 0 Å². The third-order valence-electron chi connectivity index (χ3n) is 3.19. The van der Waals surface area contributed by atoms with Gasteiger partial charge in [-0.3, -0.25) is 5.21 Å². The first kappa shape index (κ1) is 15.5. The molecular formula is C11H21N3O2S2. The Labute approximate surface area is 118 Å². The fourth-order valence-corrected chi connectivity index (χ4v) is 3.36. The number of carbonyl (C=O) groups is 1. The van der Waals surface area contributed by atoms with Crippen molar-refractivity contribution >= 4 is 34.3 Å². The van der Waals surface area contributed by atoms with Crippen LogP contribution in [0.4, 0.5) is 4.79 Å². The molecule has 2 amide bonds. The number of nitrogens with one attached hydrogen (secondary N) is 1. The highest BCUT2D eigenvalue weighted by Gasteiger charge is 2.47. The highest BCUT2D eigenvalue weighted by Crippen LogP contribution is 2.39. The first-order valence-corrected chi connectivity index (χ1v) is 7.31. The van der Waals surface area contributed by atoms with Gasteiger partial charge in [0.05, 0.1) is 5.54 Å². The van der Waals surface area contributed by atoms with Gasteiger partial charge in [-0.1, -0.05) is 37.3 Å². The molecule has 1 aliphatic heterocycles. The van der Waals surface area contributed by atoms with Gasteiger partial charge in [0, 0.05) is 13.6 Å².